The van der Waals surface area contributed by atoms with Crippen LogP contribution in [0.2, 0.25) is 0 Å². The maximum atomic E-state index is 12.1. The Balaban J connectivity index is 0.00000288. The first-order valence-corrected chi connectivity index (χ1v) is 8.09. The molecule has 0 heterocycles. The second-order valence-corrected chi connectivity index (χ2v) is 6.80. The van der Waals surface area contributed by atoms with Crippen LogP contribution >= 0.6 is 12.4 Å². The normalized spacial score (nSPS) is 20.2. The van der Waals surface area contributed by atoms with Crippen LogP contribution in [0.25, 0.3) is 0 Å². The number of methoxy groups -OCH3 is 1. The molecule has 134 valence electrons. The van der Waals surface area contributed by atoms with Crippen LogP contribution in [0.15, 0.2) is 24.3 Å². The molecule has 6 heteroatoms. The van der Waals surface area contributed by atoms with Crippen LogP contribution in [0, 0.1) is 5.92 Å². The van der Waals surface area contributed by atoms with Crippen molar-refractivity contribution in [2.75, 3.05) is 12.4 Å². The van der Waals surface area contributed by atoms with E-state index in [0.29, 0.717) is 6.42 Å². The number of halogens is 1. The Morgan fingerprint density at radius 3 is 2.38 bits per heavy atom. The van der Waals surface area contributed by atoms with Gasteiger partial charge >= 0.3 is 5.97 Å². The molecule has 1 aliphatic rings. The van der Waals surface area contributed by atoms with Crippen LogP contribution in [-0.4, -0.2) is 25.0 Å². The summed E-state index contributed by atoms with van der Waals surface area (Å²) in [4.78, 5) is 23.9. The van der Waals surface area contributed by atoms with Crippen LogP contribution in [0.5, 0.6) is 0 Å². The highest BCUT2D eigenvalue weighted by molar-refractivity contribution is 5.91. The van der Waals surface area contributed by atoms with Gasteiger partial charge in [-0.1, -0.05) is 18.6 Å². The Morgan fingerprint density at radius 2 is 1.88 bits per heavy atom. The third-order valence-corrected chi connectivity index (χ3v) is 4.75. The molecule has 24 heavy (non-hydrogen) atoms. The van der Waals surface area contributed by atoms with E-state index < -0.39 is 5.41 Å². The number of rotatable bonds is 5. The van der Waals surface area contributed by atoms with Crippen molar-refractivity contribution in [2.45, 2.75) is 51.0 Å². The van der Waals surface area contributed by atoms with E-state index in [9.17, 15) is 9.59 Å². The predicted octanol–water partition coefficient (Wildman–Crippen LogP) is 3.02. The van der Waals surface area contributed by atoms with Gasteiger partial charge in [-0.3, -0.25) is 9.59 Å². The quantitative estimate of drug-likeness (QED) is 0.796. The second-order valence-electron chi connectivity index (χ2n) is 6.80. The van der Waals surface area contributed by atoms with E-state index in [1.165, 1.54) is 7.11 Å². The Labute approximate surface area is 149 Å². The van der Waals surface area contributed by atoms with Crippen molar-refractivity contribution < 1.29 is 14.3 Å². The number of hydrogen-bond acceptors (Lipinski definition) is 4. The molecule has 0 bridgehead atoms. The summed E-state index contributed by atoms with van der Waals surface area (Å²) in [6.07, 6.45) is 3.61. The fourth-order valence-electron chi connectivity index (χ4n) is 3.11. The topological polar surface area (TPSA) is 81.4 Å². The highest BCUT2D eigenvalue weighted by Gasteiger charge is 2.31. The highest BCUT2D eigenvalue weighted by atomic mass is 35.5. The lowest BCUT2D eigenvalue weighted by Crippen LogP contribution is -2.30. The molecule has 0 spiro atoms. The molecule has 1 saturated carbocycles. The minimum absolute atomic E-state index is 0. The summed E-state index contributed by atoms with van der Waals surface area (Å²) < 4.78 is 4.83. The lowest BCUT2D eigenvalue weighted by molar-refractivity contribution is -0.146. The Hall–Kier alpha value is -1.59. The number of nitrogens with one attached hydrogen (secondary N) is 1. The smallest absolute Gasteiger partial charge is 0.315 e. The van der Waals surface area contributed by atoms with Gasteiger partial charge in [-0.25, -0.2) is 0 Å². The first-order chi connectivity index (χ1) is 10.8. The van der Waals surface area contributed by atoms with Crippen molar-refractivity contribution in [1.82, 2.24) is 0 Å². The maximum Gasteiger partial charge on any atom is 0.315 e. The second kappa shape index (κ2) is 8.49. The molecule has 0 radical (unpaired) electrons. The molecule has 0 saturated heterocycles. The van der Waals surface area contributed by atoms with Gasteiger partial charge in [-0.15, -0.1) is 12.4 Å². The van der Waals surface area contributed by atoms with E-state index >= 15 is 0 Å². The van der Waals surface area contributed by atoms with Crippen molar-refractivity contribution in [3.63, 3.8) is 0 Å². The molecule has 1 aromatic rings. The summed E-state index contributed by atoms with van der Waals surface area (Å²) in [5.74, 6) is -0.00985. The third kappa shape index (κ3) is 4.71. The van der Waals surface area contributed by atoms with Gasteiger partial charge in [0.15, 0.2) is 0 Å². The summed E-state index contributed by atoms with van der Waals surface area (Å²) in [5.41, 5.74) is 6.87. The highest BCUT2D eigenvalue weighted by Crippen LogP contribution is 2.28. The van der Waals surface area contributed by atoms with E-state index in [2.05, 4.69) is 5.32 Å². The molecular weight excluding hydrogens is 328 g/mol. The number of carbonyl (C=O) groups excluding carboxylic acids is 2. The fourth-order valence-corrected chi connectivity index (χ4v) is 3.11. The number of benzene rings is 1. The molecule has 5 nitrogen and oxygen atoms in total. The molecule has 0 unspecified atom stereocenters. The monoisotopic (exact) mass is 354 g/mol. The summed E-state index contributed by atoms with van der Waals surface area (Å²) in [6, 6.07) is 7.45. The number of amides is 1. The summed E-state index contributed by atoms with van der Waals surface area (Å²) in [7, 11) is 1.38. The summed E-state index contributed by atoms with van der Waals surface area (Å²) in [5, 5.41) is 2.90. The number of carbonyl (C=O) groups is 2. The van der Waals surface area contributed by atoms with Crippen LogP contribution in [0.4, 0.5) is 5.69 Å². The lowest BCUT2D eigenvalue weighted by Gasteiger charge is -2.22. The largest absolute Gasteiger partial charge is 0.468 e. The van der Waals surface area contributed by atoms with E-state index in [0.717, 1.165) is 30.5 Å². The van der Waals surface area contributed by atoms with E-state index in [-0.39, 0.29) is 36.2 Å². The molecule has 0 aliphatic heterocycles. The molecule has 1 aliphatic carbocycles. The van der Waals surface area contributed by atoms with Gasteiger partial charge in [0.05, 0.1) is 12.5 Å². The van der Waals surface area contributed by atoms with E-state index in [4.69, 9.17) is 10.5 Å². The van der Waals surface area contributed by atoms with Gasteiger partial charge in [0.2, 0.25) is 5.91 Å². The molecular formula is C18H27ClN2O3. The third-order valence-electron chi connectivity index (χ3n) is 4.75. The van der Waals surface area contributed by atoms with Crippen molar-refractivity contribution in [3.8, 4) is 0 Å². The van der Waals surface area contributed by atoms with Crippen LogP contribution in [0.3, 0.4) is 0 Å². The van der Waals surface area contributed by atoms with Gasteiger partial charge in [0, 0.05) is 18.2 Å². The number of ether oxygens (including phenoxy) is 1. The summed E-state index contributed by atoms with van der Waals surface area (Å²) in [6.45, 7) is 3.63. The van der Waals surface area contributed by atoms with Gasteiger partial charge < -0.3 is 15.8 Å². The number of esters is 1. The van der Waals surface area contributed by atoms with Crippen molar-refractivity contribution >= 4 is 30.0 Å². The standard InChI is InChI=1S/C18H26N2O3.ClH/c1-18(2,17(22)23-3)13-7-9-14(10-8-13)20-16(21)11-12-5-4-6-15(12)19;/h7-10,12,15H,4-6,11,19H2,1-3H3,(H,20,21);1H/t12-,15+;/m0./s1. The van der Waals surface area contributed by atoms with Crippen LogP contribution in [0.1, 0.15) is 45.1 Å². The van der Waals surface area contributed by atoms with Gasteiger partial charge in [0.1, 0.15) is 0 Å². The van der Waals surface area contributed by atoms with Gasteiger partial charge in [0.25, 0.3) is 0 Å². The van der Waals surface area contributed by atoms with Gasteiger partial charge in [-0.2, -0.15) is 0 Å². The number of nitrogens with two attached hydrogens (primary N) is 1. The zero-order valence-corrected chi connectivity index (χ0v) is 15.3. The fraction of sp³-hybridized carbons (Fsp3) is 0.556. The molecule has 1 aromatic carbocycles. The van der Waals surface area contributed by atoms with E-state index in [1.54, 1.807) is 0 Å². The van der Waals surface area contributed by atoms with E-state index in [1.807, 2.05) is 38.1 Å². The Bertz CT molecular complexity index is 572. The van der Waals surface area contributed by atoms with Crippen LogP contribution in [-0.2, 0) is 19.7 Å². The average molecular weight is 355 g/mol. The lowest BCUT2D eigenvalue weighted by atomic mass is 9.85. The first-order valence-electron chi connectivity index (χ1n) is 8.09. The summed E-state index contributed by atoms with van der Waals surface area (Å²) >= 11 is 0. The zero-order chi connectivity index (χ0) is 17.0. The SMILES string of the molecule is COC(=O)C(C)(C)c1ccc(NC(=O)C[C@@H]2CCC[C@H]2N)cc1.Cl. The molecule has 1 fully saturated rings. The van der Waals surface area contributed by atoms with Gasteiger partial charge in [-0.05, 0) is 50.3 Å². The maximum absolute atomic E-state index is 12.1. The zero-order valence-electron chi connectivity index (χ0n) is 14.5. The van der Waals surface area contributed by atoms with Crippen LogP contribution < -0.4 is 11.1 Å². The first kappa shape index (κ1) is 20.5. The molecule has 2 rings (SSSR count). The average Bonchev–Trinajstić information content (AvgIpc) is 2.92. The molecule has 2 atom stereocenters. The molecule has 3 N–H and O–H groups in total. The minimum atomic E-state index is -0.714. The Kier molecular flexibility index (Phi) is 7.24. The Morgan fingerprint density at radius 1 is 1.25 bits per heavy atom. The molecule has 0 aromatic heterocycles. The molecule has 1 amide bonds. The number of anilines is 1. The minimum Gasteiger partial charge on any atom is -0.468 e. The van der Waals surface area contributed by atoms with Crippen molar-refractivity contribution in [2.24, 2.45) is 11.7 Å². The predicted molar refractivity (Wildman–Crippen MR) is 97.3 cm³/mol. The van der Waals surface area contributed by atoms with Crippen molar-refractivity contribution in [1.29, 1.82) is 0 Å². The number of hydrogen-bond donors (Lipinski definition) is 2. The van der Waals surface area contributed by atoms with Crippen molar-refractivity contribution in [3.05, 3.63) is 29.8 Å².